The number of hydrogen-bond acceptors (Lipinski definition) is 11. The van der Waals surface area contributed by atoms with E-state index < -0.39 is 0 Å². The lowest BCUT2D eigenvalue weighted by Gasteiger charge is -2.26. The van der Waals surface area contributed by atoms with Gasteiger partial charge in [-0.25, -0.2) is 0 Å². The molecule has 1 heterocycles. The molecule has 1 aromatic carbocycles. The van der Waals surface area contributed by atoms with E-state index in [1.54, 1.807) is 0 Å². The van der Waals surface area contributed by atoms with Crippen molar-refractivity contribution in [1.29, 1.82) is 0 Å². The standard InChI is InChI=1S/C33H57N5O6/c1-7-16-39-22-28-14-13-15-29(30(28)23-40-17-8-2)31-34-32(37(24-41-18-9-3)25-42-19-10-4)36-33(35-31)38(26-43-20-11-5)27-44-21-12-6/h13-15H,7-12,16-27H2,1-6H3. The van der Waals surface area contributed by atoms with Gasteiger partial charge in [-0.1, -0.05) is 59.7 Å². The molecule has 0 bridgehead atoms. The fourth-order valence-corrected chi connectivity index (χ4v) is 4.13. The Hall–Kier alpha value is -2.41. The largest absolute Gasteiger partial charge is 0.377 e. The van der Waals surface area contributed by atoms with Crippen LogP contribution in [0.4, 0.5) is 11.9 Å². The van der Waals surface area contributed by atoms with Crippen LogP contribution in [0.2, 0.25) is 0 Å². The summed E-state index contributed by atoms with van der Waals surface area (Å²) in [4.78, 5) is 18.7. The maximum absolute atomic E-state index is 6.07. The molecule has 0 radical (unpaired) electrons. The predicted octanol–water partition coefficient (Wildman–Crippen LogP) is 6.54. The van der Waals surface area contributed by atoms with Crippen molar-refractivity contribution < 1.29 is 28.4 Å². The first-order chi connectivity index (χ1) is 21.6. The average Bonchev–Trinajstić information content (AvgIpc) is 3.04. The highest BCUT2D eigenvalue weighted by Crippen LogP contribution is 2.28. The third-order valence-corrected chi connectivity index (χ3v) is 6.27. The van der Waals surface area contributed by atoms with E-state index in [0.717, 1.165) is 55.2 Å². The van der Waals surface area contributed by atoms with Crippen molar-refractivity contribution in [2.45, 2.75) is 93.3 Å². The predicted molar refractivity (Wildman–Crippen MR) is 175 cm³/mol. The maximum atomic E-state index is 6.07. The maximum Gasteiger partial charge on any atom is 0.234 e. The van der Waals surface area contributed by atoms with Gasteiger partial charge in [0.1, 0.15) is 26.9 Å². The average molecular weight is 620 g/mol. The molecule has 11 heteroatoms. The molecule has 0 amide bonds. The summed E-state index contributed by atoms with van der Waals surface area (Å²) >= 11 is 0. The monoisotopic (exact) mass is 619 g/mol. The second-order valence-electron chi connectivity index (χ2n) is 10.5. The fraction of sp³-hybridized carbons (Fsp3) is 0.727. The van der Waals surface area contributed by atoms with Crippen LogP contribution in [0, 0.1) is 0 Å². The number of nitrogens with zero attached hydrogens (tertiary/aromatic N) is 5. The SMILES string of the molecule is CCCOCc1cccc(-c2nc(N(COCCC)COCCC)nc(N(COCCC)COCCC)n2)c1COCCC. The zero-order chi connectivity index (χ0) is 31.8. The summed E-state index contributed by atoms with van der Waals surface area (Å²) in [5.74, 6) is 1.45. The minimum Gasteiger partial charge on any atom is -0.377 e. The molecular formula is C33H57N5O6. The van der Waals surface area contributed by atoms with Crippen molar-refractivity contribution >= 4 is 11.9 Å². The second-order valence-corrected chi connectivity index (χ2v) is 10.5. The van der Waals surface area contributed by atoms with Gasteiger partial charge in [0, 0.05) is 45.2 Å². The summed E-state index contributed by atoms with van der Waals surface area (Å²) in [5.41, 5.74) is 2.93. The van der Waals surface area contributed by atoms with Gasteiger partial charge in [0.05, 0.1) is 13.2 Å². The molecule has 2 aromatic rings. The first kappa shape index (κ1) is 37.8. The van der Waals surface area contributed by atoms with Crippen LogP contribution in [-0.4, -0.2) is 81.5 Å². The quantitative estimate of drug-likeness (QED) is 0.0805. The number of anilines is 2. The highest BCUT2D eigenvalue weighted by Gasteiger charge is 2.22. The Morgan fingerprint density at radius 3 is 1.34 bits per heavy atom. The molecule has 0 aliphatic rings. The van der Waals surface area contributed by atoms with E-state index in [-0.39, 0.29) is 26.9 Å². The van der Waals surface area contributed by atoms with Crippen LogP contribution in [0.3, 0.4) is 0 Å². The molecule has 0 aliphatic heterocycles. The zero-order valence-electron chi connectivity index (χ0n) is 28.1. The number of hydrogen-bond donors (Lipinski definition) is 0. The smallest absolute Gasteiger partial charge is 0.234 e. The van der Waals surface area contributed by atoms with Crippen molar-refractivity contribution in [3.05, 3.63) is 29.3 Å². The first-order valence-corrected chi connectivity index (χ1v) is 16.5. The van der Waals surface area contributed by atoms with E-state index in [0.29, 0.717) is 70.6 Å². The van der Waals surface area contributed by atoms with Crippen LogP contribution < -0.4 is 9.80 Å². The first-order valence-electron chi connectivity index (χ1n) is 16.5. The van der Waals surface area contributed by atoms with E-state index in [1.165, 1.54) is 0 Å². The van der Waals surface area contributed by atoms with E-state index in [1.807, 2.05) is 21.9 Å². The van der Waals surface area contributed by atoms with Gasteiger partial charge >= 0.3 is 0 Å². The molecule has 0 saturated heterocycles. The molecule has 1 aromatic heterocycles. The van der Waals surface area contributed by atoms with Gasteiger partial charge in [0.25, 0.3) is 0 Å². The van der Waals surface area contributed by atoms with Crippen LogP contribution in [0.1, 0.15) is 91.2 Å². The van der Waals surface area contributed by atoms with Crippen molar-refractivity contribution in [3.63, 3.8) is 0 Å². The molecule has 2 rings (SSSR count). The van der Waals surface area contributed by atoms with Crippen LogP contribution in [0.5, 0.6) is 0 Å². The van der Waals surface area contributed by atoms with E-state index in [4.69, 9.17) is 43.4 Å². The lowest BCUT2D eigenvalue weighted by Crippen LogP contribution is -2.34. The third-order valence-electron chi connectivity index (χ3n) is 6.27. The Kier molecular flexibility index (Phi) is 20.5. The number of ether oxygens (including phenoxy) is 6. The number of rotatable bonds is 27. The van der Waals surface area contributed by atoms with Gasteiger partial charge in [-0.05, 0) is 49.7 Å². The lowest BCUT2D eigenvalue weighted by molar-refractivity contribution is 0.0822. The second kappa shape index (κ2) is 23.9. The Balaban J connectivity index is 2.68. The van der Waals surface area contributed by atoms with Crippen LogP contribution in [0.15, 0.2) is 18.2 Å². The lowest BCUT2D eigenvalue weighted by atomic mass is 10.0. The van der Waals surface area contributed by atoms with Crippen molar-refractivity contribution in [2.24, 2.45) is 0 Å². The summed E-state index contributed by atoms with van der Waals surface area (Å²) in [6.45, 7) is 18.4. The normalized spacial score (nSPS) is 11.3. The fourth-order valence-electron chi connectivity index (χ4n) is 4.13. The minimum atomic E-state index is 0.288. The van der Waals surface area contributed by atoms with Gasteiger partial charge in [0.2, 0.25) is 11.9 Å². The molecule has 0 N–H and O–H groups in total. The van der Waals surface area contributed by atoms with Crippen LogP contribution in [-0.2, 0) is 41.6 Å². The molecule has 0 spiro atoms. The van der Waals surface area contributed by atoms with Gasteiger partial charge in [-0.15, -0.1) is 0 Å². The summed E-state index contributed by atoms with van der Waals surface area (Å²) in [6.07, 6.45) is 5.50. The zero-order valence-corrected chi connectivity index (χ0v) is 28.1. The summed E-state index contributed by atoms with van der Waals surface area (Å²) < 4.78 is 35.8. The molecule has 11 nitrogen and oxygen atoms in total. The molecule has 0 atom stereocenters. The van der Waals surface area contributed by atoms with Crippen molar-refractivity contribution in [3.8, 4) is 11.4 Å². The third kappa shape index (κ3) is 13.7. The summed E-state index contributed by atoms with van der Waals surface area (Å²) in [6, 6.07) is 6.14. The Bertz CT molecular complexity index is 952. The van der Waals surface area contributed by atoms with Crippen LogP contribution in [0.25, 0.3) is 11.4 Å². The van der Waals surface area contributed by atoms with Crippen LogP contribution >= 0.6 is 0 Å². The van der Waals surface area contributed by atoms with Gasteiger partial charge < -0.3 is 28.4 Å². The molecule has 0 fully saturated rings. The Morgan fingerprint density at radius 2 is 0.909 bits per heavy atom. The molecular weight excluding hydrogens is 562 g/mol. The van der Waals surface area contributed by atoms with E-state index in [2.05, 4.69) is 47.6 Å². The van der Waals surface area contributed by atoms with Crippen molar-refractivity contribution in [1.82, 2.24) is 15.0 Å². The molecule has 44 heavy (non-hydrogen) atoms. The molecule has 0 saturated carbocycles. The van der Waals surface area contributed by atoms with Gasteiger partial charge in [-0.3, -0.25) is 9.80 Å². The van der Waals surface area contributed by atoms with E-state index in [9.17, 15) is 0 Å². The number of benzene rings is 1. The minimum absolute atomic E-state index is 0.288. The highest BCUT2D eigenvalue weighted by atomic mass is 16.5. The summed E-state index contributed by atoms with van der Waals surface area (Å²) in [5, 5.41) is 0. The molecule has 250 valence electrons. The topological polar surface area (TPSA) is 101 Å². The Labute approximate surface area is 265 Å². The van der Waals surface area contributed by atoms with Gasteiger partial charge in [0.15, 0.2) is 5.82 Å². The van der Waals surface area contributed by atoms with Crippen molar-refractivity contribution in [2.75, 3.05) is 76.4 Å². The molecule has 0 aliphatic carbocycles. The van der Waals surface area contributed by atoms with E-state index >= 15 is 0 Å². The summed E-state index contributed by atoms with van der Waals surface area (Å²) in [7, 11) is 0. The number of aromatic nitrogens is 3. The molecule has 0 unspecified atom stereocenters. The van der Waals surface area contributed by atoms with Gasteiger partial charge in [-0.2, -0.15) is 15.0 Å². The highest BCUT2D eigenvalue weighted by molar-refractivity contribution is 5.64. The Morgan fingerprint density at radius 1 is 0.500 bits per heavy atom.